The first-order chi connectivity index (χ1) is 28.5. The number of hydrogen-bond donors (Lipinski definition) is 0. The van der Waals surface area contributed by atoms with E-state index < -0.39 is 0 Å². The fraction of sp³-hybridized carbons (Fsp3) is 0.583. The molecule has 0 bridgehead atoms. The normalized spacial score (nSPS) is 14.5. The van der Waals surface area contributed by atoms with E-state index in [1.54, 1.807) is 22.7 Å². The number of unbranched alkanes of at least 4 members (excludes halogenated alkanes) is 10. The number of hydrogen-bond acceptors (Lipinski definition) is 6. The maximum atomic E-state index is 12.8. The molecule has 0 radical (unpaired) electrons. The monoisotopic (exact) mass is 898 g/mol. The molecule has 8 nitrogen and oxygen atoms in total. The summed E-state index contributed by atoms with van der Waals surface area (Å²) < 4.78 is 4.35. The average Bonchev–Trinajstić information content (AvgIpc) is 3.90. The second-order valence-electron chi connectivity index (χ2n) is 16.3. The molecule has 4 aromatic rings. The van der Waals surface area contributed by atoms with Crippen LogP contribution in [0.3, 0.4) is 0 Å². The lowest BCUT2D eigenvalue weighted by Gasteiger charge is -2.34. The second kappa shape index (κ2) is 30.2. The number of carbonyl (C=O) groups is 2. The van der Waals surface area contributed by atoms with Crippen molar-refractivity contribution < 1.29 is 43.5 Å². The maximum absolute atomic E-state index is 12.8. The van der Waals surface area contributed by atoms with Gasteiger partial charge in [0.15, 0.2) is 11.4 Å². The summed E-state index contributed by atoms with van der Waals surface area (Å²) in [6.45, 7) is 14.6. The van der Waals surface area contributed by atoms with Gasteiger partial charge in [-0.25, -0.2) is 0 Å². The highest BCUT2D eigenvalue weighted by atomic mass is 35.5. The van der Waals surface area contributed by atoms with E-state index in [1.807, 2.05) is 9.80 Å². The SMILES string of the molecule is CCCCCCCCc1csc[n+]1CC(=O)N1CCN(Cc2ccccc2)CC1.CCCCCCCCc1csc[n+]1CC(=O)N1CCN(Cc2ccccc2)CC1.[Cl-].[Cl-]. The summed E-state index contributed by atoms with van der Waals surface area (Å²) in [4.78, 5) is 34.6. The molecule has 0 saturated carbocycles. The van der Waals surface area contributed by atoms with Crippen molar-refractivity contribution in [3.05, 3.63) is 105 Å². The van der Waals surface area contributed by atoms with Gasteiger partial charge in [0.1, 0.15) is 0 Å². The number of amides is 2. The summed E-state index contributed by atoms with van der Waals surface area (Å²) >= 11 is 3.42. The van der Waals surface area contributed by atoms with E-state index in [0.717, 1.165) is 78.3 Å². The van der Waals surface area contributed by atoms with Crippen LogP contribution in [-0.2, 0) is 48.6 Å². The third kappa shape index (κ3) is 18.6. The number of piperazine rings is 2. The molecule has 2 saturated heterocycles. The van der Waals surface area contributed by atoms with Crippen molar-refractivity contribution in [1.82, 2.24) is 19.6 Å². The van der Waals surface area contributed by atoms with Crippen molar-refractivity contribution in [2.75, 3.05) is 52.4 Å². The highest BCUT2D eigenvalue weighted by Gasteiger charge is 2.27. The van der Waals surface area contributed by atoms with Crippen molar-refractivity contribution in [2.45, 2.75) is 130 Å². The van der Waals surface area contributed by atoms with E-state index in [-0.39, 0.29) is 36.6 Å². The Bertz CT molecular complexity index is 1580. The van der Waals surface area contributed by atoms with Crippen LogP contribution in [0.5, 0.6) is 0 Å². The Labute approximate surface area is 382 Å². The number of nitrogens with zero attached hydrogens (tertiary/aromatic N) is 6. The zero-order valence-corrected chi connectivity index (χ0v) is 39.7. The van der Waals surface area contributed by atoms with Crippen LogP contribution in [0, 0.1) is 0 Å². The molecule has 0 spiro atoms. The van der Waals surface area contributed by atoms with Crippen LogP contribution in [0.4, 0.5) is 0 Å². The largest absolute Gasteiger partial charge is 1.00 e. The molecule has 2 amide bonds. The van der Waals surface area contributed by atoms with Gasteiger partial charge in [0, 0.05) is 78.3 Å². The summed E-state index contributed by atoms with van der Waals surface area (Å²) in [6.07, 6.45) is 17.9. The van der Waals surface area contributed by atoms with Gasteiger partial charge in [-0.2, -0.15) is 9.13 Å². The van der Waals surface area contributed by atoms with Gasteiger partial charge in [0.2, 0.25) is 24.1 Å². The molecular formula is C48H72Cl2N6O2S2. The molecule has 4 heterocycles. The van der Waals surface area contributed by atoms with Gasteiger partial charge < -0.3 is 34.6 Å². The molecule has 60 heavy (non-hydrogen) atoms. The molecule has 2 aliphatic rings. The van der Waals surface area contributed by atoms with Crippen LogP contribution in [-0.4, -0.2) is 83.8 Å². The molecule has 2 aromatic heterocycles. The predicted molar refractivity (Wildman–Crippen MR) is 240 cm³/mol. The zero-order chi connectivity index (χ0) is 40.6. The Morgan fingerprint density at radius 3 is 1.22 bits per heavy atom. The average molecular weight is 900 g/mol. The zero-order valence-electron chi connectivity index (χ0n) is 36.5. The number of rotatable bonds is 22. The van der Waals surface area contributed by atoms with E-state index >= 15 is 0 Å². The summed E-state index contributed by atoms with van der Waals surface area (Å²) in [5.74, 6) is 0.522. The molecule has 332 valence electrons. The maximum Gasteiger partial charge on any atom is 0.288 e. The van der Waals surface area contributed by atoms with Crippen molar-refractivity contribution in [3.8, 4) is 0 Å². The fourth-order valence-corrected chi connectivity index (χ4v) is 9.63. The molecule has 0 unspecified atom stereocenters. The van der Waals surface area contributed by atoms with Crippen LogP contribution in [0.25, 0.3) is 0 Å². The Hall–Kier alpha value is -2.86. The van der Waals surface area contributed by atoms with Crippen molar-refractivity contribution in [2.24, 2.45) is 0 Å². The molecule has 0 N–H and O–H groups in total. The minimum Gasteiger partial charge on any atom is -1.00 e. The highest BCUT2D eigenvalue weighted by Crippen LogP contribution is 2.14. The first-order valence-electron chi connectivity index (χ1n) is 22.5. The van der Waals surface area contributed by atoms with E-state index in [1.165, 1.54) is 99.6 Å². The Morgan fingerprint density at radius 1 is 0.500 bits per heavy atom. The topological polar surface area (TPSA) is 54.9 Å². The molecule has 12 heteroatoms. The number of thiazole rings is 2. The summed E-state index contributed by atoms with van der Waals surface area (Å²) in [7, 11) is 0. The van der Waals surface area contributed by atoms with E-state index in [4.69, 9.17) is 0 Å². The molecular weight excluding hydrogens is 828 g/mol. The quantitative estimate of drug-likeness (QED) is 0.0901. The number of carbonyl (C=O) groups excluding carboxylic acids is 2. The van der Waals surface area contributed by atoms with Gasteiger partial charge in [-0.05, 0) is 24.0 Å². The third-order valence-electron chi connectivity index (χ3n) is 11.7. The van der Waals surface area contributed by atoms with Crippen molar-refractivity contribution >= 4 is 34.5 Å². The highest BCUT2D eigenvalue weighted by molar-refractivity contribution is 7.07. The van der Waals surface area contributed by atoms with Gasteiger partial charge in [0.25, 0.3) is 11.8 Å². The fourth-order valence-electron chi connectivity index (χ4n) is 7.98. The Kier molecular flexibility index (Phi) is 25.9. The molecule has 2 fully saturated rings. The van der Waals surface area contributed by atoms with Gasteiger partial charge >= 0.3 is 0 Å². The molecule has 0 aliphatic carbocycles. The number of aromatic nitrogens is 2. The van der Waals surface area contributed by atoms with E-state index in [9.17, 15) is 9.59 Å². The van der Waals surface area contributed by atoms with Gasteiger partial charge in [-0.3, -0.25) is 19.4 Å². The standard InChI is InChI=1S/2C24H36N3OS.2ClH/c2*1-2-3-4-5-6-10-13-23-20-29-21-27(23)19-24(28)26-16-14-25(15-17-26)18-22-11-8-7-9-12-22;;/h2*7-9,11-12,20-21H,2-6,10,13-19H2,1H3;2*1H/q2*+1;;/p-2. The number of aryl methyl sites for hydroxylation is 2. The lowest BCUT2D eigenvalue weighted by atomic mass is 10.1. The van der Waals surface area contributed by atoms with Crippen molar-refractivity contribution in [3.63, 3.8) is 0 Å². The third-order valence-corrected chi connectivity index (χ3v) is 13.2. The summed E-state index contributed by atoms with van der Waals surface area (Å²) in [5, 5.41) is 4.44. The summed E-state index contributed by atoms with van der Waals surface area (Å²) in [6, 6.07) is 21.2. The number of benzene rings is 2. The van der Waals surface area contributed by atoms with Gasteiger partial charge in [-0.15, -0.1) is 0 Å². The van der Waals surface area contributed by atoms with Crippen LogP contribution in [0.1, 0.15) is 113 Å². The van der Waals surface area contributed by atoms with E-state index in [0.29, 0.717) is 13.1 Å². The second-order valence-corrected chi connectivity index (χ2v) is 17.7. The molecule has 2 aromatic carbocycles. The number of halogens is 2. The van der Waals surface area contributed by atoms with Crippen LogP contribution < -0.4 is 33.9 Å². The molecule has 2 aliphatic heterocycles. The van der Waals surface area contributed by atoms with Crippen molar-refractivity contribution in [1.29, 1.82) is 0 Å². The molecule has 0 atom stereocenters. The van der Waals surface area contributed by atoms with Crippen LogP contribution >= 0.6 is 22.7 Å². The van der Waals surface area contributed by atoms with Gasteiger partial charge in [0.05, 0.1) is 10.8 Å². The lowest BCUT2D eigenvalue weighted by Crippen LogP contribution is -3.00. The minimum atomic E-state index is 0. The summed E-state index contributed by atoms with van der Waals surface area (Å²) in [5.41, 5.74) is 9.55. The van der Waals surface area contributed by atoms with Crippen LogP contribution in [0.15, 0.2) is 82.4 Å². The lowest BCUT2D eigenvalue weighted by molar-refractivity contribution is -0.687. The Morgan fingerprint density at radius 2 is 0.850 bits per heavy atom. The predicted octanol–water partition coefficient (Wildman–Crippen LogP) is 2.57. The molecule has 6 rings (SSSR count). The Balaban J connectivity index is 0.000000310. The van der Waals surface area contributed by atoms with E-state index in [2.05, 4.69) is 115 Å². The minimum absolute atomic E-state index is 0. The van der Waals surface area contributed by atoms with Crippen LogP contribution in [0.2, 0.25) is 0 Å². The first-order valence-corrected chi connectivity index (χ1v) is 24.4. The first kappa shape index (κ1) is 51.5. The smallest absolute Gasteiger partial charge is 0.288 e. The van der Waals surface area contributed by atoms with Gasteiger partial charge in [-0.1, -0.05) is 161 Å².